The van der Waals surface area contributed by atoms with Gasteiger partial charge in [0, 0.05) is 41.6 Å². The number of benzene rings is 1. The molecule has 0 aliphatic heterocycles. The SMILES string of the molecule is NC(N)=NCCCC(N)C(=O)NC(Cc1c[nH]c2ccccc12)C(=O)NC(CS)C(=O)NC(CS)C(=O)O. The molecule has 1 aromatic heterocycles. The van der Waals surface area contributed by atoms with Crippen molar-refractivity contribution < 1.29 is 24.3 Å². The van der Waals surface area contributed by atoms with Crippen LogP contribution in [0.25, 0.3) is 10.9 Å². The molecule has 1 heterocycles. The van der Waals surface area contributed by atoms with E-state index in [0.717, 1.165) is 16.5 Å². The largest absolute Gasteiger partial charge is 0.480 e. The molecule has 0 spiro atoms. The van der Waals surface area contributed by atoms with Crippen molar-refractivity contribution in [2.45, 2.75) is 43.4 Å². The number of carbonyl (C=O) groups is 4. The number of H-pyrrole nitrogens is 1. The predicted octanol–water partition coefficient (Wildman–Crippen LogP) is -1.51. The summed E-state index contributed by atoms with van der Waals surface area (Å²) in [5.74, 6) is -3.57. The first-order valence-electron chi connectivity index (χ1n) is 11.8. The number of para-hydroxylation sites is 1. The summed E-state index contributed by atoms with van der Waals surface area (Å²) in [4.78, 5) is 57.0. The summed E-state index contributed by atoms with van der Waals surface area (Å²) in [7, 11) is 0. The molecule has 0 aliphatic rings. The molecular formula is C23H34N8O5S2. The molecule has 2 aromatic rings. The molecule has 4 unspecified atom stereocenters. The third-order valence-electron chi connectivity index (χ3n) is 5.65. The number of hydrogen-bond acceptors (Lipinski definition) is 8. The summed E-state index contributed by atoms with van der Waals surface area (Å²) in [6.07, 6.45) is 2.55. The van der Waals surface area contributed by atoms with E-state index in [-0.39, 0.29) is 30.3 Å². The molecule has 0 saturated carbocycles. The van der Waals surface area contributed by atoms with Crippen LogP contribution in [0.4, 0.5) is 0 Å². The van der Waals surface area contributed by atoms with Gasteiger partial charge in [0.05, 0.1) is 6.04 Å². The number of aromatic nitrogens is 1. The predicted molar refractivity (Wildman–Crippen MR) is 151 cm³/mol. The van der Waals surface area contributed by atoms with Gasteiger partial charge in [-0.1, -0.05) is 18.2 Å². The minimum absolute atomic E-state index is 0.0645. The van der Waals surface area contributed by atoms with E-state index in [0.29, 0.717) is 13.0 Å². The first kappa shape index (κ1) is 30.8. The lowest BCUT2D eigenvalue weighted by Crippen LogP contribution is -2.58. The van der Waals surface area contributed by atoms with Gasteiger partial charge >= 0.3 is 5.97 Å². The maximum atomic E-state index is 13.3. The van der Waals surface area contributed by atoms with E-state index >= 15 is 0 Å². The Morgan fingerprint density at radius 3 is 2.18 bits per heavy atom. The van der Waals surface area contributed by atoms with Crippen molar-refractivity contribution in [1.82, 2.24) is 20.9 Å². The second-order valence-electron chi connectivity index (χ2n) is 8.51. The van der Waals surface area contributed by atoms with Gasteiger partial charge in [0.2, 0.25) is 17.7 Å². The second-order valence-corrected chi connectivity index (χ2v) is 9.24. The Balaban J connectivity index is 2.18. The van der Waals surface area contributed by atoms with Crippen molar-refractivity contribution >= 4 is 65.8 Å². The second kappa shape index (κ2) is 15.1. The summed E-state index contributed by atoms with van der Waals surface area (Å²) < 4.78 is 0. The third-order valence-corrected chi connectivity index (χ3v) is 6.38. The van der Waals surface area contributed by atoms with Gasteiger partial charge in [0.1, 0.15) is 18.1 Å². The van der Waals surface area contributed by atoms with Gasteiger partial charge in [-0.2, -0.15) is 25.3 Å². The molecule has 0 radical (unpaired) electrons. The molecule has 0 saturated heterocycles. The highest BCUT2D eigenvalue weighted by Crippen LogP contribution is 2.19. The number of guanidine groups is 1. The Morgan fingerprint density at radius 1 is 0.947 bits per heavy atom. The van der Waals surface area contributed by atoms with Crippen LogP contribution in [-0.4, -0.2) is 82.0 Å². The number of aromatic amines is 1. The molecule has 0 aliphatic carbocycles. The lowest BCUT2D eigenvalue weighted by atomic mass is 10.0. The van der Waals surface area contributed by atoms with E-state index < -0.39 is 47.9 Å². The molecule has 13 nitrogen and oxygen atoms in total. The number of thiol groups is 2. The summed E-state index contributed by atoms with van der Waals surface area (Å²) in [5, 5.41) is 17.6. The fourth-order valence-electron chi connectivity index (χ4n) is 3.58. The summed E-state index contributed by atoms with van der Waals surface area (Å²) in [6.45, 7) is 0.297. The highest BCUT2D eigenvalue weighted by atomic mass is 32.1. The lowest BCUT2D eigenvalue weighted by molar-refractivity contribution is -0.141. The van der Waals surface area contributed by atoms with Crippen molar-refractivity contribution in [2.24, 2.45) is 22.2 Å². The van der Waals surface area contributed by atoms with Crippen LogP contribution in [0.15, 0.2) is 35.5 Å². The molecule has 4 atom stereocenters. The number of hydrogen-bond donors (Lipinski definition) is 10. The molecule has 0 fully saturated rings. The van der Waals surface area contributed by atoms with Crippen molar-refractivity contribution in [3.8, 4) is 0 Å². The standard InChI is InChI=1S/C23H34N8O5S2/c24-14(5-3-7-27-23(25)26)19(32)29-16(8-12-9-28-15-6-2-1-4-13(12)15)20(33)30-17(10-37)21(34)31-18(11-38)22(35)36/h1-2,4,6,9,14,16-18,28,37-38H,3,5,7-8,10-11,24H2,(H,29,32)(H,30,33)(H,31,34)(H,35,36)(H4,25,26,27). The van der Waals surface area contributed by atoms with Gasteiger partial charge in [0.15, 0.2) is 5.96 Å². The van der Waals surface area contributed by atoms with Gasteiger partial charge in [-0.3, -0.25) is 19.4 Å². The minimum Gasteiger partial charge on any atom is -0.480 e. The number of aliphatic imine (C=N–C) groups is 1. The van der Waals surface area contributed by atoms with Crippen molar-refractivity contribution in [1.29, 1.82) is 0 Å². The zero-order valence-corrected chi connectivity index (χ0v) is 22.4. The molecule has 15 heteroatoms. The first-order chi connectivity index (χ1) is 18.1. The number of aliphatic carboxylic acids is 1. The van der Waals surface area contributed by atoms with Gasteiger partial charge in [-0.25, -0.2) is 4.79 Å². The number of carbonyl (C=O) groups excluding carboxylic acids is 3. The van der Waals surface area contributed by atoms with E-state index in [2.05, 4.69) is 51.2 Å². The topological polar surface area (TPSA) is 231 Å². The molecule has 0 bridgehead atoms. The lowest BCUT2D eigenvalue weighted by Gasteiger charge is -2.24. The van der Waals surface area contributed by atoms with Gasteiger partial charge < -0.3 is 43.2 Å². The molecule has 208 valence electrons. The fourth-order valence-corrected chi connectivity index (χ4v) is 4.09. The number of carboxylic acids is 1. The summed E-state index contributed by atoms with van der Waals surface area (Å²) in [6, 6.07) is 3.02. The molecule has 2 rings (SSSR count). The van der Waals surface area contributed by atoms with Gasteiger partial charge in [-0.05, 0) is 24.5 Å². The maximum absolute atomic E-state index is 13.3. The molecule has 3 amide bonds. The van der Waals surface area contributed by atoms with E-state index in [1.165, 1.54) is 0 Å². The van der Waals surface area contributed by atoms with Crippen molar-refractivity contribution in [3.05, 3.63) is 36.0 Å². The van der Waals surface area contributed by atoms with Crippen molar-refractivity contribution in [2.75, 3.05) is 18.1 Å². The molecule has 11 N–H and O–H groups in total. The van der Waals surface area contributed by atoms with Gasteiger partial charge in [-0.15, -0.1) is 0 Å². The van der Waals surface area contributed by atoms with Crippen LogP contribution in [0.3, 0.4) is 0 Å². The third kappa shape index (κ3) is 9.15. The normalized spacial score (nSPS) is 14.1. The number of amides is 3. The Bertz CT molecular complexity index is 1150. The Kier molecular flexibility index (Phi) is 12.2. The molecule has 1 aromatic carbocycles. The van der Waals surface area contributed by atoms with Crippen molar-refractivity contribution in [3.63, 3.8) is 0 Å². The van der Waals surface area contributed by atoms with Crippen LogP contribution < -0.4 is 33.2 Å². The van der Waals surface area contributed by atoms with Crippen LogP contribution in [0, 0.1) is 0 Å². The average Bonchev–Trinajstić information content (AvgIpc) is 3.29. The highest BCUT2D eigenvalue weighted by molar-refractivity contribution is 7.80. The van der Waals surface area contributed by atoms with E-state index in [1.54, 1.807) is 6.20 Å². The maximum Gasteiger partial charge on any atom is 0.327 e. The van der Waals surface area contributed by atoms with Gasteiger partial charge in [0.25, 0.3) is 0 Å². The van der Waals surface area contributed by atoms with E-state index in [9.17, 15) is 24.3 Å². The molecular weight excluding hydrogens is 532 g/mol. The molecule has 38 heavy (non-hydrogen) atoms. The Hall–Kier alpha value is -3.43. The Morgan fingerprint density at radius 2 is 1.55 bits per heavy atom. The number of fused-ring (bicyclic) bond motifs is 1. The Labute approximate surface area is 230 Å². The van der Waals surface area contributed by atoms with Crippen LogP contribution in [0.2, 0.25) is 0 Å². The number of carboxylic acid groups (broad SMARTS) is 1. The van der Waals surface area contributed by atoms with E-state index in [1.807, 2.05) is 24.3 Å². The van der Waals surface area contributed by atoms with Crippen LogP contribution >= 0.6 is 25.3 Å². The van der Waals surface area contributed by atoms with Crippen LogP contribution in [0.1, 0.15) is 18.4 Å². The zero-order chi connectivity index (χ0) is 28.2. The summed E-state index contributed by atoms with van der Waals surface area (Å²) in [5.41, 5.74) is 18.2. The first-order valence-corrected chi connectivity index (χ1v) is 13.0. The number of nitrogens with zero attached hydrogens (tertiary/aromatic N) is 1. The number of rotatable bonds is 15. The van der Waals surface area contributed by atoms with E-state index in [4.69, 9.17) is 17.2 Å². The average molecular weight is 567 g/mol. The van der Waals surface area contributed by atoms with Crippen LogP contribution in [0.5, 0.6) is 0 Å². The minimum atomic E-state index is -1.27. The highest BCUT2D eigenvalue weighted by Gasteiger charge is 2.30. The number of nitrogens with one attached hydrogen (secondary N) is 4. The smallest absolute Gasteiger partial charge is 0.327 e. The summed E-state index contributed by atoms with van der Waals surface area (Å²) >= 11 is 8.04. The number of nitrogens with two attached hydrogens (primary N) is 3. The van der Waals surface area contributed by atoms with Crippen LogP contribution in [-0.2, 0) is 25.6 Å². The fraction of sp³-hybridized carbons (Fsp3) is 0.435. The monoisotopic (exact) mass is 566 g/mol. The quantitative estimate of drug-likeness (QED) is 0.0526. The zero-order valence-electron chi connectivity index (χ0n) is 20.6.